The Hall–Kier alpha value is -2.03. The number of carbonyl (C=O) groups excluding carboxylic acids is 1. The van der Waals surface area contributed by atoms with Crippen LogP contribution in [-0.2, 0) is 0 Å². The topological polar surface area (TPSA) is 17.1 Å². The van der Waals surface area contributed by atoms with Gasteiger partial charge in [0.05, 0.1) is 5.56 Å². The van der Waals surface area contributed by atoms with E-state index < -0.39 is 17.4 Å². The van der Waals surface area contributed by atoms with Gasteiger partial charge in [-0.3, -0.25) is 4.79 Å². The molecular formula is C15H12F2O. The van der Waals surface area contributed by atoms with Gasteiger partial charge in [-0.2, -0.15) is 0 Å². The standard InChI is InChI=1S/C15H12F2O/c1-9-3-4-13(14(17)7-9)15(18)11-5-10(2)6-12(16)8-11/h3-8H,1-2H3. The summed E-state index contributed by atoms with van der Waals surface area (Å²) in [6.45, 7) is 3.43. The first kappa shape index (κ1) is 12.4. The quantitative estimate of drug-likeness (QED) is 0.736. The van der Waals surface area contributed by atoms with Crippen LogP contribution in [0.1, 0.15) is 27.0 Å². The zero-order chi connectivity index (χ0) is 13.3. The fraction of sp³-hybridized carbons (Fsp3) is 0.133. The first-order valence-corrected chi connectivity index (χ1v) is 5.55. The molecule has 2 aromatic carbocycles. The summed E-state index contributed by atoms with van der Waals surface area (Å²) in [4.78, 5) is 12.1. The van der Waals surface area contributed by atoms with Gasteiger partial charge in [0.2, 0.25) is 0 Å². The molecule has 0 saturated carbocycles. The van der Waals surface area contributed by atoms with Crippen molar-refractivity contribution in [1.82, 2.24) is 0 Å². The average molecular weight is 246 g/mol. The number of rotatable bonds is 2. The summed E-state index contributed by atoms with van der Waals surface area (Å²) in [5.41, 5.74) is 1.49. The van der Waals surface area contributed by atoms with Gasteiger partial charge >= 0.3 is 0 Å². The van der Waals surface area contributed by atoms with Crippen LogP contribution in [0.15, 0.2) is 36.4 Å². The van der Waals surface area contributed by atoms with Crippen LogP contribution in [0.4, 0.5) is 8.78 Å². The summed E-state index contributed by atoms with van der Waals surface area (Å²) in [7, 11) is 0. The van der Waals surface area contributed by atoms with Gasteiger partial charge in [-0.05, 0) is 55.3 Å². The number of benzene rings is 2. The molecule has 0 unspecified atom stereocenters. The molecule has 0 saturated heterocycles. The minimum Gasteiger partial charge on any atom is -0.288 e. The summed E-state index contributed by atoms with van der Waals surface area (Å²) in [5.74, 6) is -1.58. The monoisotopic (exact) mass is 246 g/mol. The summed E-state index contributed by atoms with van der Waals surface area (Å²) < 4.78 is 26.9. The molecule has 0 radical (unpaired) electrons. The molecule has 2 aromatic rings. The average Bonchev–Trinajstić information content (AvgIpc) is 2.26. The number of aryl methyl sites for hydroxylation is 2. The van der Waals surface area contributed by atoms with Gasteiger partial charge in [0.15, 0.2) is 5.78 Å². The Bertz CT molecular complexity index is 598. The van der Waals surface area contributed by atoms with E-state index in [1.54, 1.807) is 26.0 Å². The number of halogens is 2. The molecule has 0 atom stereocenters. The molecule has 0 aliphatic carbocycles. The molecular weight excluding hydrogens is 234 g/mol. The minimum atomic E-state index is -0.582. The highest BCUT2D eigenvalue weighted by atomic mass is 19.1. The Morgan fingerprint density at radius 2 is 1.67 bits per heavy atom. The fourth-order valence-corrected chi connectivity index (χ4v) is 1.83. The molecule has 0 bridgehead atoms. The van der Waals surface area contributed by atoms with Crippen molar-refractivity contribution >= 4 is 5.78 Å². The second kappa shape index (κ2) is 4.69. The molecule has 1 nitrogen and oxygen atoms in total. The van der Waals surface area contributed by atoms with Crippen LogP contribution < -0.4 is 0 Å². The van der Waals surface area contributed by atoms with Crippen LogP contribution in [0.2, 0.25) is 0 Å². The molecule has 0 aromatic heterocycles. The Balaban J connectivity index is 2.47. The third kappa shape index (κ3) is 2.45. The van der Waals surface area contributed by atoms with E-state index in [1.807, 2.05) is 0 Å². The van der Waals surface area contributed by atoms with Gasteiger partial charge in [0, 0.05) is 5.56 Å². The normalized spacial score (nSPS) is 10.4. The molecule has 18 heavy (non-hydrogen) atoms. The van der Waals surface area contributed by atoms with E-state index in [0.717, 1.165) is 11.6 Å². The Morgan fingerprint density at radius 1 is 0.944 bits per heavy atom. The van der Waals surface area contributed by atoms with Crippen LogP contribution in [0, 0.1) is 25.5 Å². The zero-order valence-electron chi connectivity index (χ0n) is 10.1. The SMILES string of the molecule is Cc1cc(F)cc(C(=O)c2ccc(C)cc2F)c1. The molecule has 0 spiro atoms. The summed E-state index contributed by atoms with van der Waals surface area (Å²) >= 11 is 0. The Morgan fingerprint density at radius 3 is 2.28 bits per heavy atom. The molecule has 0 aliphatic heterocycles. The molecule has 2 rings (SSSR count). The zero-order valence-corrected chi connectivity index (χ0v) is 10.1. The van der Waals surface area contributed by atoms with Gasteiger partial charge in [0.1, 0.15) is 11.6 Å². The van der Waals surface area contributed by atoms with E-state index in [4.69, 9.17) is 0 Å². The van der Waals surface area contributed by atoms with Gasteiger partial charge in [-0.15, -0.1) is 0 Å². The maximum absolute atomic E-state index is 13.7. The van der Waals surface area contributed by atoms with Crippen LogP contribution in [0.5, 0.6) is 0 Å². The Labute approximate surface area is 104 Å². The van der Waals surface area contributed by atoms with E-state index in [1.165, 1.54) is 18.2 Å². The van der Waals surface area contributed by atoms with E-state index in [2.05, 4.69) is 0 Å². The lowest BCUT2D eigenvalue weighted by Gasteiger charge is -2.05. The van der Waals surface area contributed by atoms with Crippen molar-refractivity contribution in [2.45, 2.75) is 13.8 Å². The molecule has 0 N–H and O–H groups in total. The molecule has 0 heterocycles. The molecule has 0 aliphatic rings. The highest BCUT2D eigenvalue weighted by Crippen LogP contribution is 2.17. The minimum absolute atomic E-state index is 0.0365. The largest absolute Gasteiger partial charge is 0.288 e. The van der Waals surface area contributed by atoms with Crippen molar-refractivity contribution in [1.29, 1.82) is 0 Å². The van der Waals surface area contributed by atoms with Gasteiger partial charge < -0.3 is 0 Å². The van der Waals surface area contributed by atoms with Crippen molar-refractivity contribution in [3.05, 3.63) is 70.3 Å². The van der Waals surface area contributed by atoms with Gasteiger partial charge in [-0.1, -0.05) is 6.07 Å². The third-order valence-electron chi connectivity index (χ3n) is 2.67. The third-order valence-corrected chi connectivity index (χ3v) is 2.67. The first-order chi connectivity index (χ1) is 8.47. The van der Waals surface area contributed by atoms with Crippen LogP contribution in [0.25, 0.3) is 0 Å². The van der Waals surface area contributed by atoms with E-state index in [0.29, 0.717) is 5.56 Å². The second-order valence-electron chi connectivity index (χ2n) is 4.33. The van der Waals surface area contributed by atoms with E-state index >= 15 is 0 Å². The van der Waals surface area contributed by atoms with Crippen molar-refractivity contribution in [2.24, 2.45) is 0 Å². The van der Waals surface area contributed by atoms with Crippen LogP contribution in [-0.4, -0.2) is 5.78 Å². The summed E-state index contributed by atoms with van der Waals surface area (Å²) in [5, 5.41) is 0. The molecule has 3 heteroatoms. The highest BCUT2D eigenvalue weighted by molar-refractivity contribution is 6.09. The van der Waals surface area contributed by atoms with Crippen molar-refractivity contribution in [3.8, 4) is 0 Å². The van der Waals surface area contributed by atoms with Crippen molar-refractivity contribution < 1.29 is 13.6 Å². The lowest BCUT2D eigenvalue weighted by Crippen LogP contribution is -2.05. The summed E-state index contributed by atoms with van der Waals surface area (Å²) in [6.07, 6.45) is 0. The molecule has 92 valence electrons. The van der Waals surface area contributed by atoms with Crippen LogP contribution in [0.3, 0.4) is 0 Å². The smallest absolute Gasteiger partial charge is 0.196 e. The second-order valence-corrected chi connectivity index (χ2v) is 4.33. The predicted molar refractivity (Wildman–Crippen MR) is 65.7 cm³/mol. The first-order valence-electron chi connectivity index (χ1n) is 5.55. The number of hydrogen-bond acceptors (Lipinski definition) is 1. The molecule has 0 fully saturated rings. The van der Waals surface area contributed by atoms with Crippen molar-refractivity contribution in [2.75, 3.05) is 0 Å². The fourth-order valence-electron chi connectivity index (χ4n) is 1.83. The van der Waals surface area contributed by atoms with E-state index in [-0.39, 0.29) is 11.1 Å². The lowest BCUT2D eigenvalue weighted by molar-refractivity contribution is 0.103. The highest BCUT2D eigenvalue weighted by Gasteiger charge is 2.15. The summed E-state index contributed by atoms with van der Waals surface area (Å²) in [6, 6.07) is 8.36. The molecule has 0 amide bonds. The maximum Gasteiger partial charge on any atom is 0.196 e. The van der Waals surface area contributed by atoms with Gasteiger partial charge in [-0.25, -0.2) is 8.78 Å². The van der Waals surface area contributed by atoms with Crippen LogP contribution >= 0.6 is 0 Å². The Kier molecular flexibility index (Phi) is 3.24. The van der Waals surface area contributed by atoms with Crippen molar-refractivity contribution in [3.63, 3.8) is 0 Å². The van der Waals surface area contributed by atoms with Gasteiger partial charge in [0.25, 0.3) is 0 Å². The number of carbonyl (C=O) groups is 1. The van der Waals surface area contributed by atoms with E-state index in [9.17, 15) is 13.6 Å². The number of hydrogen-bond donors (Lipinski definition) is 0. The number of ketones is 1. The maximum atomic E-state index is 13.7. The lowest BCUT2D eigenvalue weighted by atomic mass is 10.00. The predicted octanol–water partition coefficient (Wildman–Crippen LogP) is 3.81.